The molecule has 0 aliphatic carbocycles. The number of aryl methyl sites for hydroxylation is 1. The van der Waals surface area contributed by atoms with Crippen LogP contribution in [0.3, 0.4) is 0 Å². The van der Waals surface area contributed by atoms with Gasteiger partial charge in [-0.15, -0.1) is 0 Å². The van der Waals surface area contributed by atoms with E-state index in [0.29, 0.717) is 17.8 Å². The van der Waals surface area contributed by atoms with Crippen LogP contribution in [0.2, 0.25) is 0 Å². The highest BCUT2D eigenvalue weighted by Gasteiger charge is 2.22. The number of pyridine rings is 1. The molecule has 3 heterocycles. The molecule has 1 aliphatic rings. The summed E-state index contributed by atoms with van der Waals surface area (Å²) >= 11 is 0. The lowest BCUT2D eigenvalue weighted by atomic mass is 10.00. The van der Waals surface area contributed by atoms with Crippen LogP contribution in [0.15, 0.2) is 22.9 Å². The lowest BCUT2D eigenvalue weighted by Crippen LogP contribution is -2.39. The van der Waals surface area contributed by atoms with Gasteiger partial charge in [0.2, 0.25) is 0 Å². The summed E-state index contributed by atoms with van der Waals surface area (Å²) in [7, 11) is 0. The number of piperidine rings is 1. The highest BCUT2D eigenvalue weighted by atomic mass is 16.5. The van der Waals surface area contributed by atoms with Crippen molar-refractivity contribution in [1.29, 1.82) is 0 Å². The number of hydrogen-bond acceptors (Lipinski definition) is 5. The van der Waals surface area contributed by atoms with Crippen LogP contribution in [0.1, 0.15) is 38.4 Å². The molecule has 2 aromatic rings. The minimum atomic E-state index is 0.566. The van der Waals surface area contributed by atoms with Crippen LogP contribution in [0.25, 0.3) is 11.5 Å². The molecule has 1 saturated heterocycles. The van der Waals surface area contributed by atoms with Crippen LogP contribution in [0.5, 0.6) is 0 Å². The fourth-order valence-corrected chi connectivity index (χ4v) is 2.85. The monoisotopic (exact) mass is 272 g/mol. The molecule has 0 radical (unpaired) electrons. The highest BCUT2D eigenvalue weighted by molar-refractivity contribution is 5.59. The van der Waals surface area contributed by atoms with Crippen molar-refractivity contribution in [3.05, 3.63) is 24.2 Å². The van der Waals surface area contributed by atoms with E-state index in [-0.39, 0.29) is 0 Å². The van der Waals surface area contributed by atoms with E-state index in [1.54, 1.807) is 0 Å². The van der Waals surface area contributed by atoms with Crippen molar-refractivity contribution in [3.63, 3.8) is 0 Å². The van der Waals surface area contributed by atoms with Gasteiger partial charge in [-0.2, -0.15) is 4.98 Å². The standard InChI is InChI=1S/C15H20N4O/c1-3-13-6-4-5-9-19(13)14-10-12(7-8-16-14)15-17-11(2)18-20-15/h7-8,10,13H,3-6,9H2,1-2H3. The number of anilines is 1. The molecule has 1 unspecified atom stereocenters. The number of rotatable bonds is 3. The van der Waals surface area contributed by atoms with E-state index in [1.807, 2.05) is 19.2 Å². The van der Waals surface area contributed by atoms with E-state index in [1.165, 1.54) is 19.3 Å². The normalized spacial score (nSPS) is 19.3. The zero-order valence-electron chi connectivity index (χ0n) is 12.0. The first-order valence-corrected chi connectivity index (χ1v) is 7.31. The summed E-state index contributed by atoms with van der Waals surface area (Å²) in [6, 6.07) is 4.57. The summed E-state index contributed by atoms with van der Waals surface area (Å²) < 4.78 is 5.24. The Morgan fingerprint density at radius 3 is 3.05 bits per heavy atom. The minimum absolute atomic E-state index is 0.566. The molecule has 0 amide bonds. The maximum atomic E-state index is 5.24. The van der Waals surface area contributed by atoms with Gasteiger partial charge < -0.3 is 9.42 Å². The van der Waals surface area contributed by atoms with Crippen LogP contribution in [-0.2, 0) is 0 Å². The summed E-state index contributed by atoms with van der Waals surface area (Å²) in [6.07, 6.45) is 6.79. The molecule has 2 aromatic heterocycles. The van der Waals surface area contributed by atoms with Gasteiger partial charge in [-0.05, 0) is 44.7 Å². The van der Waals surface area contributed by atoms with Gasteiger partial charge in [0.1, 0.15) is 5.82 Å². The maximum Gasteiger partial charge on any atom is 0.258 e. The van der Waals surface area contributed by atoms with Crippen molar-refractivity contribution in [2.75, 3.05) is 11.4 Å². The quantitative estimate of drug-likeness (QED) is 0.858. The molecule has 20 heavy (non-hydrogen) atoms. The molecular weight excluding hydrogens is 252 g/mol. The summed E-state index contributed by atoms with van der Waals surface area (Å²) in [6.45, 7) is 5.15. The van der Waals surface area contributed by atoms with Gasteiger partial charge in [-0.3, -0.25) is 0 Å². The van der Waals surface area contributed by atoms with Crippen LogP contribution >= 0.6 is 0 Å². The molecule has 5 heteroatoms. The third-order valence-electron chi connectivity index (χ3n) is 3.91. The molecule has 0 bridgehead atoms. The number of hydrogen-bond donors (Lipinski definition) is 0. The van der Waals surface area contributed by atoms with Crippen molar-refractivity contribution < 1.29 is 4.52 Å². The van der Waals surface area contributed by atoms with E-state index in [4.69, 9.17) is 4.52 Å². The van der Waals surface area contributed by atoms with Crippen molar-refractivity contribution in [3.8, 4) is 11.5 Å². The minimum Gasteiger partial charge on any atom is -0.354 e. The van der Waals surface area contributed by atoms with Crippen molar-refractivity contribution >= 4 is 5.82 Å². The molecule has 1 aliphatic heterocycles. The van der Waals surface area contributed by atoms with Crippen LogP contribution in [0, 0.1) is 6.92 Å². The smallest absolute Gasteiger partial charge is 0.258 e. The van der Waals surface area contributed by atoms with Gasteiger partial charge in [0, 0.05) is 24.3 Å². The Balaban J connectivity index is 1.90. The summed E-state index contributed by atoms with van der Waals surface area (Å²) in [5.41, 5.74) is 0.941. The molecule has 0 N–H and O–H groups in total. The number of aromatic nitrogens is 3. The second-order valence-electron chi connectivity index (χ2n) is 5.30. The predicted molar refractivity (Wildman–Crippen MR) is 77.5 cm³/mol. The summed E-state index contributed by atoms with van der Waals surface area (Å²) in [5.74, 6) is 2.24. The Labute approximate surface area is 119 Å². The predicted octanol–water partition coefficient (Wildman–Crippen LogP) is 3.21. The second kappa shape index (κ2) is 5.61. The second-order valence-corrected chi connectivity index (χ2v) is 5.30. The third kappa shape index (κ3) is 2.53. The van der Waals surface area contributed by atoms with Gasteiger partial charge in [-0.1, -0.05) is 12.1 Å². The van der Waals surface area contributed by atoms with Crippen LogP contribution < -0.4 is 4.90 Å². The zero-order valence-corrected chi connectivity index (χ0v) is 12.0. The fourth-order valence-electron chi connectivity index (χ4n) is 2.85. The lowest BCUT2D eigenvalue weighted by Gasteiger charge is -2.36. The SMILES string of the molecule is CCC1CCCCN1c1cc(-c2nc(C)no2)ccn1. The Hall–Kier alpha value is -1.91. The van der Waals surface area contributed by atoms with Crippen LogP contribution in [0.4, 0.5) is 5.82 Å². The van der Waals surface area contributed by atoms with E-state index < -0.39 is 0 Å². The Morgan fingerprint density at radius 2 is 2.30 bits per heavy atom. The van der Waals surface area contributed by atoms with Gasteiger partial charge in [0.05, 0.1) is 0 Å². The molecule has 5 nitrogen and oxygen atoms in total. The lowest BCUT2D eigenvalue weighted by molar-refractivity contribution is 0.425. The van der Waals surface area contributed by atoms with E-state index in [2.05, 4.69) is 33.0 Å². The first-order valence-electron chi connectivity index (χ1n) is 7.31. The van der Waals surface area contributed by atoms with Crippen LogP contribution in [-0.4, -0.2) is 27.7 Å². The molecule has 3 rings (SSSR count). The molecule has 0 saturated carbocycles. The average molecular weight is 272 g/mol. The molecule has 106 valence electrons. The van der Waals surface area contributed by atoms with Crippen molar-refractivity contribution in [1.82, 2.24) is 15.1 Å². The van der Waals surface area contributed by atoms with E-state index in [0.717, 1.165) is 24.3 Å². The fraction of sp³-hybridized carbons (Fsp3) is 0.533. The summed E-state index contributed by atoms with van der Waals surface area (Å²) in [4.78, 5) is 11.2. The first-order chi connectivity index (χ1) is 9.78. The molecule has 0 spiro atoms. The Bertz CT molecular complexity index is 581. The Kier molecular flexibility index (Phi) is 3.67. The third-order valence-corrected chi connectivity index (χ3v) is 3.91. The average Bonchev–Trinajstić information content (AvgIpc) is 2.94. The molecular formula is C15H20N4O. The summed E-state index contributed by atoms with van der Waals surface area (Å²) in [5, 5.41) is 3.85. The van der Waals surface area contributed by atoms with Crippen molar-refractivity contribution in [2.45, 2.75) is 45.6 Å². The molecule has 1 fully saturated rings. The topological polar surface area (TPSA) is 55.1 Å². The number of nitrogens with zero attached hydrogens (tertiary/aromatic N) is 4. The Morgan fingerprint density at radius 1 is 1.40 bits per heavy atom. The van der Waals surface area contributed by atoms with E-state index in [9.17, 15) is 0 Å². The first kappa shape index (κ1) is 13.1. The zero-order chi connectivity index (χ0) is 13.9. The van der Waals surface area contributed by atoms with Crippen molar-refractivity contribution in [2.24, 2.45) is 0 Å². The molecule has 0 aromatic carbocycles. The van der Waals surface area contributed by atoms with Gasteiger partial charge in [-0.25, -0.2) is 4.98 Å². The maximum absolute atomic E-state index is 5.24. The largest absolute Gasteiger partial charge is 0.354 e. The van der Waals surface area contributed by atoms with Gasteiger partial charge in [0.15, 0.2) is 5.82 Å². The van der Waals surface area contributed by atoms with Gasteiger partial charge in [0.25, 0.3) is 5.89 Å². The molecule has 1 atom stereocenters. The highest BCUT2D eigenvalue weighted by Crippen LogP contribution is 2.27. The van der Waals surface area contributed by atoms with Gasteiger partial charge >= 0.3 is 0 Å². The van der Waals surface area contributed by atoms with E-state index >= 15 is 0 Å².